The van der Waals surface area contributed by atoms with E-state index in [0.29, 0.717) is 12.0 Å². The van der Waals surface area contributed by atoms with Gasteiger partial charge in [0.1, 0.15) is 16.4 Å². The zero-order chi connectivity index (χ0) is 20.4. The van der Waals surface area contributed by atoms with Crippen molar-refractivity contribution in [3.8, 4) is 11.5 Å². The summed E-state index contributed by atoms with van der Waals surface area (Å²) < 4.78 is 24.5. The Morgan fingerprint density at radius 3 is 2.56 bits per heavy atom. The molecule has 0 spiro atoms. The molecule has 27 heavy (non-hydrogen) atoms. The van der Waals surface area contributed by atoms with Crippen molar-refractivity contribution in [2.24, 2.45) is 11.1 Å². The second kappa shape index (κ2) is 8.48. The van der Waals surface area contributed by atoms with Crippen molar-refractivity contribution in [1.82, 2.24) is 0 Å². The molecule has 1 aliphatic carbocycles. The van der Waals surface area contributed by atoms with E-state index in [1.807, 2.05) is 26.8 Å². The number of unbranched alkanes of at least 4 members (excludes halogenated alkanes) is 2. The SMILES string of the molecule is C=C(C)[C@@H]1CCC(C)=C[C@H]1c1c(O)cc(CCCCC)c(S(N)(=O)=O)c1O. The van der Waals surface area contributed by atoms with Gasteiger partial charge in [-0.3, -0.25) is 0 Å². The van der Waals surface area contributed by atoms with Crippen LogP contribution in [-0.2, 0) is 16.4 Å². The van der Waals surface area contributed by atoms with Crippen LogP contribution in [0.4, 0.5) is 0 Å². The minimum absolute atomic E-state index is 0.0183. The molecule has 2 rings (SSSR count). The molecular formula is C21H31NO4S. The first-order valence-corrected chi connectivity index (χ1v) is 11.1. The second-order valence-electron chi connectivity index (χ2n) is 7.68. The molecule has 0 aliphatic heterocycles. The molecule has 1 aromatic rings. The van der Waals surface area contributed by atoms with E-state index < -0.39 is 15.8 Å². The van der Waals surface area contributed by atoms with E-state index in [1.165, 1.54) is 6.07 Å². The summed E-state index contributed by atoms with van der Waals surface area (Å²) >= 11 is 0. The van der Waals surface area contributed by atoms with Crippen LogP contribution in [0.25, 0.3) is 0 Å². The summed E-state index contributed by atoms with van der Waals surface area (Å²) in [5.41, 5.74) is 2.67. The number of rotatable bonds is 7. The van der Waals surface area contributed by atoms with Crippen LogP contribution in [0.15, 0.2) is 34.8 Å². The molecule has 0 radical (unpaired) electrons. The summed E-state index contributed by atoms with van der Waals surface area (Å²) in [6, 6.07) is 1.46. The number of nitrogens with two attached hydrogens (primary N) is 1. The minimum Gasteiger partial charge on any atom is -0.507 e. The van der Waals surface area contributed by atoms with Gasteiger partial charge < -0.3 is 10.2 Å². The molecule has 1 aromatic carbocycles. The maximum atomic E-state index is 12.2. The van der Waals surface area contributed by atoms with E-state index in [1.54, 1.807) is 0 Å². The molecule has 0 saturated carbocycles. The molecule has 5 nitrogen and oxygen atoms in total. The maximum absolute atomic E-state index is 12.2. The first-order valence-electron chi connectivity index (χ1n) is 9.51. The van der Waals surface area contributed by atoms with Gasteiger partial charge in [-0.25, -0.2) is 13.6 Å². The van der Waals surface area contributed by atoms with Gasteiger partial charge in [0.2, 0.25) is 10.0 Å². The van der Waals surface area contributed by atoms with Crippen molar-refractivity contribution in [2.45, 2.75) is 70.1 Å². The Bertz CT molecular complexity index is 855. The largest absolute Gasteiger partial charge is 0.507 e. The number of aromatic hydroxyl groups is 2. The third kappa shape index (κ3) is 4.74. The molecule has 0 unspecified atom stereocenters. The van der Waals surface area contributed by atoms with Gasteiger partial charge >= 0.3 is 0 Å². The van der Waals surface area contributed by atoms with Gasteiger partial charge in [0.05, 0.1) is 0 Å². The summed E-state index contributed by atoms with van der Waals surface area (Å²) in [5, 5.41) is 27.0. The van der Waals surface area contributed by atoms with Crippen molar-refractivity contribution in [2.75, 3.05) is 0 Å². The van der Waals surface area contributed by atoms with E-state index in [2.05, 4.69) is 6.58 Å². The highest BCUT2D eigenvalue weighted by Crippen LogP contribution is 2.48. The molecule has 0 heterocycles. The predicted molar refractivity (Wildman–Crippen MR) is 108 cm³/mol. The van der Waals surface area contributed by atoms with Crippen LogP contribution in [0.1, 0.15) is 69.9 Å². The fourth-order valence-corrected chi connectivity index (χ4v) is 4.91. The first kappa shape index (κ1) is 21.5. The highest BCUT2D eigenvalue weighted by molar-refractivity contribution is 7.89. The normalized spacial score (nSPS) is 20.4. The Kier molecular flexibility index (Phi) is 6.76. The number of benzene rings is 1. The molecule has 1 aliphatic rings. The summed E-state index contributed by atoms with van der Waals surface area (Å²) in [4.78, 5) is -0.261. The van der Waals surface area contributed by atoms with Crippen LogP contribution in [0, 0.1) is 5.92 Å². The number of aryl methyl sites for hydroxylation is 1. The molecule has 4 N–H and O–H groups in total. The molecule has 0 aromatic heterocycles. The number of hydrogen-bond donors (Lipinski definition) is 3. The van der Waals surface area contributed by atoms with Crippen molar-refractivity contribution < 1.29 is 18.6 Å². The summed E-state index contributed by atoms with van der Waals surface area (Å²) in [7, 11) is -4.13. The molecule has 0 amide bonds. The molecule has 6 heteroatoms. The Labute approximate surface area is 162 Å². The minimum atomic E-state index is -4.13. The van der Waals surface area contributed by atoms with E-state index in [0.717, 1.165) is 43.3 Å². The Morgan fingerprint density at radius 1 is 1.33 bits per heavy atom. The van der Waals surface area contributed by atoms with E-state index >= 15 is 0 Å². The Morgan fingerprint density at radius 2 is 2.00 bits per heavy atom. The highest BCUT2D eigenvalue weighted by atomic mass is 32.2. The van der Waals surface area contributed by atoms with E-state index in [-0.39, 0.29) is 28.0 Å². The van der Waals surface area contributed by atoms with Gasteiger partial charge in [-0.15, -0.1) is 0 Å². The highest BCUT2D eigenvalue weighted by Gasteiger charge is 2.33. The van der Waals surface area contributed by atoms with Crippen LogP contribution >= 0.6 is 0 Å². The lowest BCUT2D eigenvalue weighted by atomic mass is 9.73. The fourth-order valence-electron chi connectivity index (χ4n) is 4.01. The molecular weight excluding hydrogens is 362 g/mol. The zero-order valence-electron chi connectivity index (χ0n) is 16.5. The van der Waals surface area contributed by atoms with Gasteiger partial charge in [0.15, 0.2) is 0 Å². The lowest BCUT2D eigenvalue weighted by Crippen LogP contribution is -2.20. The van der Waals surface area contributed by atoms with Crippen LogP contribution in [0.2, 0.25) is 0 Å². The third-order valence-electron chi connectivity index (χ3n) is 5.40. The molecule has 0 fully saturated rings. The smallest absolute Gasteiger partial charge is 0.242 e. The van der Waals surface area contributed by atoms with Crippen molar-refractivity contribution in [3.05, 3.63) is 41.0 Å². The third-order valence-corrected chi connectivity index (χ3v) is 6.42. The fraction of sp³-hybridized carbons (Fsp3) is 0.524. The number of phenolic OH excluding ortho intramolecular Hbond substituents is 2. The van der Waals surface area contributed by atoms with E-state index in [9.17, 15) is 18.6 Å². The standard InChI is InChI=1S/C21H31NO4S/c1-5-6-7-8-15-12-18(23)19(20(24)21(15)27(22,25)26)17-11-14(4)9-10-16(17)13(2)3/h11-12,16-17,23-24H,2,5-10H2,1,3-4H3,(H2,22,25,26)/t16-,17+/m0/s1. The topological polar surface area (TPSA) is 101 Å². The average Bonchev–Trinajstić information content (AvgIpc) is 2.53. The first-order chi connectivity index (χ1) is 12.6. The lowest BCUT2D eigenvalue weighted by molar-refractivity contribution is 0.397. The van der Waals surface area contributed by atoms with Gasteiger partial charge in [-0.2, -0.15) is 0 Å². The summed E-state index contributed by atoms with van der Waals surface area (Å²) in [5.74, 6) is -0.828. The quantitative estimate of drug-likeness (QED) is 0.469. The lowest BCUT2D eigenvalue weighted by Gasteiger charge is -2.32. The maximum Gasteiger partial charge on any atom is 0.242 e. The zero-order valence-corrected chi connectivity index (χ0v) is 17.3. The summed E-state index contributed by atoms with van der Waals surface area (Å²) in [6.45, 7) is 10.0. The second-order valence-corrected chi connectivity index (χ2v) is 9.18. The van der Waals surface area contributed by atoms with Gasteiger partial charge in [0, 0.05) is 11.5 Å². The van der Waals surface area contributed by atoms with Crippen molar-refractivity contribution in [1.29, 1.82) is 0 Å². The van der Waals surface area contributed by atoms with Gasteiger partial charge in [0.25, 0.3) is 0 Å². The number of allylic oxidation sites excluding steroid dienone is 3. The number of primary sulfonamides is 1. The number of hydrogen-bond acceptors (Lipinski definition) is 4. The van der Waals surface area contributed by atoms with E-state index in [4.69, 9.17) is 5.14 Å². The number of phenols is 2. The molecule has 150 valence electrons. The molecule has 0 bridgehead atoms. The number of sulfonamides is 1. The molecule has 0 saturated heterocycles. The van der Waals surface area contributed by atoms with Crippen LogP contribution < -0.4 is 5.14 Å². The van der Waals surface area contributed by atoms with Crippen molar-refractivity contribution in [3.63, 3.8) is 0 Å². The summed E-state index contributed by atoms with van der Waals surface area (Å²) in [6.07, 6.45) is 6.83. The Hall–Kier alpha value is -1.79. The van der Waals surface area contributed by atoms with Crippen LogP contribution in [0.5, 0.6) is 11.5 Å². The monoisotopic (exact) mass is 393 g/mol. The predicted octanol–water partition coefficient (Wildman–Crippen LogP) is 4.49. The van der Waals surface area contributed by atoms with Gasteiger partial charge in [-0.05, 0) is 57.1 Å². The van der Waals surface area contributed by atoms with Gasteiger partial charge in [-0.1, -0.05) is 43.6 Å². The van der Waals surface area contributed by atoms with Crippen molar-refractivity contribution >= 4 is 10.0 Å². The van der Waals surface area contributed by atoms with Crippen LogP contribution in [0.3, 0.4) is 0 Å². The average molecular weight is 394 g/mol. The molecule has 2 atom stereocenters. The van der Waals surface area contributed by atoms with Crippen LogP contribution in [-0.4, -0.2) is 18.6 Å². The Balaban J connectivity index is 2.67.